The van der Waals surface area contributed by atoms with Crippen LogP contribution in [-0.2, 0) is 17.7 Å². The predicted octanol–water partition coefficient (Wildman–Crippen LogP) is 2.71. The highest BCUT2D eigenvalue weighted by molar-refractivity contribution is 5.79. The molecule has 0 unspecified atom stereocenters. The van der Waals surface area contributed by atoms with Gasteiger partial charge < -0.3 is 20.3 Å². The minimum absolute atomic E-state index is 0.222. The largest absolute Gasteiger partial charge is 0.378 e. The molecule has 1 heterocycles. The fourth-order valence-electron chi connectivity index (χ4n) is 3.10. The molecular weight excluding hydrogens is 362 g/mol. The summed E-state index contributed by atoms with van der Waals surface area (Å²) >= 11 is 0. The highest BCUT2D eigenvalue weighted by Gasteiger charge is 2.15. The van der Waals surface area contributed by atoms with E-state index in [4.69, 9.17) is 4.74 Å². The van der Waals surface area contributed by atoms with Crippen LogP contribution in [0.5, 0.6) is 0 Å². The molecule has 2 N–H and O–H groups in total. The van der Waals surface area contributed by atoms with Gasteiger partial charge in [-0.3, -0.25) is 4.99 Å². The first kappa shape index (κ1) is 20.1. The Kier molecular flexibility index (Phi) is 7.19. The van der Waals surface area contributed by atoms with Crippen LogP contribution in [-0.4, -0.2) is 45.9 Å². The predicted molar refractivity (Wildman–Crippen MR) is 108 cm³/mol. The molecule has 0 atom stereocenters. The lowest BCUT2D eigenvalue weighted by Gasteiger charge is -2.29. The topological polar surface area (TPSA) is 48.9 Å². The van der Waals surface area contributed by atoms with E-state index in [2.05, 4.69) is 15.6 Å². The van der Waals surface area contributed by atoms with Crippen molar-refractivity contribution in [3.05, 3.63) is 65.2 Å². The van der Waals surface area contributed by atoms with Crippen molar-refractivity contribution in [3.8, 4) is 0 Å². The van der Waals surface area contributed by atoms with Crippen LogP contribution in [0.25, 0.3) is 0 Å². The molecule has 2 aromatic carbocycles. The van der Waals surface area contributed by atoms with Crippen molar-refractivity contribution in [3.63, 3.8) is 0 Å². The summed E-state index contributed by atoms with van der Waals surface area (Å²) in [7, 11) is 1.69. The van der Waals surface area contributed by atoms with Crippen molar-refractivity contribution in [1.82, 2.24) is 10.6 Å². The second-order valence-corrected chi connectivity index (χ2v) is 6.61. The number of anilines is 1. The van der Waals surface area contributed by atoms with Crippen molar-refractivity contribution in [1.29, 1.82) is 0 Å². The summed E-state index contributed by atoms with van der Waals surface area (Å²) in [5.74, 6) is 0.182. The fourth-order valence-corrected chi connectivity index (χ4v) is 3.10. The molecule has 0 saturated carbocycles. The molecule has 2 aromatic rings. The molecule has 0 bridgehead atoms. The number of nitrogens with zero attached hydrogens (tertiary/aromatic N) is 2. The summed E-state index contributed by atoms with van der Waals surface area (Å²) < 4.78 is 32.7. The van der Waals surface area contributed by atoms with E-state index in [0.717, 1.165) is 17.5 Å². The number of halogens is 2. The van der Waals surface area contributed by atoms with E-state index in [1.165, 1.54) is 12.1 Å². The average Bonchev–Trinajstić information content (AvgIpc) is 2.72. The van der Waals surface area contributed by atoms with Crippen LogP contribution in [0.15, 0.2) is 47.5 Å². The number of ether oxygens (including phenoxy) is 1. The summed E-state index contributed by atoms with van der Waals surface area (Å²) in [4.78, 5) is 6.19. The molecule has 1 aliphatic rings. The highest BCUT2D eigenvalue weighted by atomic mass is 19.1. The summed E-state index contributed by atoms with van der Waals surface area (Å²) in [6.45, 7) is 3.80. The fraction of sp³-hybridized carbons (Fsp3) is 0.381. The van der Waals surface area contributed by atoms with Crippen LogP contribution in [0.3, 0.4) is 0 Å². The van der Waals surface area contributed by atoms with Gasteiger partial charge in [0.15, 0.2) is 5.96 Å². The number of benzene rings is 2. The second kappa shape index (κ2) is 10.0. The summed E-state index contributed by atoms with van der Waals surface area (Å²) in [5.41, 5.74) is 2.51. The second-order valence-electron chi connectivity index (χ2n) is 6.61. The van der Waals surface area contributed by atoms with Crippen LogP contribution in [0.2, 0.25) is 0 Å². The monoisotopic (exact) mass is 388 g/mol. The van der Waals surface area contributed by atoms with E-state index in [-0.39, 0.29) is 11.6 Å². The zero-order chi connectivity index (χ0) is 19.8. The van der Waals surface area contributed by atoms with Gasteiger partial charge in [0, 0.05) is 33.2 Å². The zero-order valence-corrected chi connectivity index (χ0v) is 16.0. The average molecular weight is 388 g/mol. The first-order chi connectivity index (χ1) is 13.7. The maximum atomic E-state index is 14.5. The molecule has 7 heteroatoms. The van der Waals surface area contributed by atoms with E-state index in [9.17, 15) is 8.78 Å². The van der Waals surface area contributed by atoms with Crippen molar-refractivity contribution in [2.75, 3.05) is 44.8 Å². The molecule has 0 aliphatic carbocycles. The van der Waals surface area contributed by atoms with Crippen LogP contribution in [0.1, 0.15) is 11.1 Å². The number of morpholine rings is 1. The Balaban J connectivity index is 1.47. The lowest BCUT2D eigenvalue weighted by molar-refractivity contribution is 0.122. The summed E-state index contributed by atoms with van der Waals surface area (Å²) in [6, 6.07) is 11.8. The molecule has 1 aliphatic heterocycles. The van der Waals surface area contributed by atoms with E-state index < -0.39 is 0 Å². The van der Waals surface area contributed by atoms with Gasteiger partial charge in [0.25, 0.3) is 0 Å². The van der Waals surface area contributed by atoms with E-state index in [1.807, 2.05) is 17.0 Å². The molecule has 1 fully saturated rings. The normalized spacial score (nSPS) is 14.8. The summed E-state index contributed by atoms with van der Waals surface area (Å²) in [6.07, 6.45) is 0.754. The third-order valence-electron chi connectivity index (χ3n) is 4.67. The first-order valence-corrected chi connectivity index (χ1v) is 9.46. The first-order valence-electron chi connectivity index (χ1n) is 9.46. The molecule has 0 spiro atoms. The smallest absolute Gasteiger partial charge is 0.191 e. The highest BCUT2D eigenvalue weighted by Crippen LogP contribution is 2.21. The number of hydrogen-bond acceptors (Lipinski definition) is 3. The quantitative estimate of drug-likeness (QED) is 0.590. The van der Waals surface area contributed by atoms with Crippen LogP contribution in [0.4, 0.5) is 14.5 Å². The van der Waals surface area contributed by atoms with Crippen molar-refractivity contribution < 1.29 is 13.5 Å². The van der Waals surface area contributed by atoms with Gasteiger partial charge in [0.1, 0.15) is 11.6 Å². The number of hydrogen-bond donors (Lipinski definition) is 2. The number of nitrogens with one attached hydrogen (secondary N) is 2. The van der Waals surface area contributed by atoms with E-state index >= 15 is 0 Å². The van der Waals surface area contributed by atoms with E-state index in [1.54, 1.807) is 25.2 Å². The molecule has 3 rings (SSSR count). The minimum atomic E-state index is -0.235. The van der Waals surface area contributed by atoms with Gasteiger partial charge in [-0.25, -0.2) is 8.78 Å². The van der Waals surface area contributed by atoms with E-state index in [0.29, 0.717) is 51.0 Å². The van der Waals surface area contributed by atoms with Crippen molar-refractivity contribution in [2.24, 2.45) is 4.99 Å². The van der Waals surface area contributed by atoms with Crippen LogP contribution < -0.4 is 15.5 Å². The lowest BCUT2D eigenvalue weighted by atomic mass is 10.1. The minimum Gasteiger partial charge on any atom is -0.378 e. The Morgan fingerprint density at radius 2 is 1.75 bits per heavy atom. The number of guanidine groups is 1. The van der Waals surface area contributed by atoms with Crippen LogP contribution in [0, 0.1) is 11.6 Å². The van der Waals surface area contributed by atoms with Gasteiger partial charge in [0.05, 0.1) is 18.9 Å². The van der Waals surface area contributed by atoms with Gasteiger partial charge in [-0.1, -0.05) is 18.2 Å². The standard InChI is InChI=1S/C21H26F2N4O/c1-24-21(25-9-8-16-2-5-18(22)6-3-16)26-15-17-4-7-20(19(23)14-17)27-10-12-28-13-11-27/h2-7,14H,8-13,15H2,1H3,(H2,24,25,26). The molecule has 1 saturated heterocycles. The van der Waals surface area contributed by atoms with Gasteiger partial charge >= 0.3 is 0 Å². The summed E-state index contributed by atoms with van der Waals surface area (Å²) in [5, 5.41) is 6.40. The zero-order valence-electron chi connectivity index (χ0n) is 16.0. The Morgan fingerprint density at radius 3 is 2.43 bits per heavy atom. The maximum absolute atomic E-state index is 14.5. The third-order valence-corrected chi connectivity index (χ3v) is 4.67. The molecular formula is C21H26F2N4O. The van der Waals surface area contributed by atoms with Gasteiger partial charge in [0.2, 0.25) is 0 Å². The van der Waals surface area contributed by atoms with Crippen molar-refractivity contribution >= 4 is 11.6 Å². The molecule has 0 aromatic heterocycles. The Bertz CT molecular complexity index is 789. The molecule has 28 heavy (non-hydrogen) atoms. The molecule has 150 valence electrons. The maximum Gasteiger partial charge on any atom is 0.191 e. The Hall–Kier alpha value is -2.67. The van der Waals surface area contributed by atoms with Gasteiger partial charge in [-0.2, -0.15) is 0 Å². The lowest BCUT2D eigenvalue weighted by Crippen LogP contribution is -2.38. The number of rotatable bonds is 6. The molecule has 0 radical (unpaired) electrons. The van der Waals surface area contributed by atoms with Gasteiger partial charge in [-0.15, -0.1) is 0 Å². The molecule has 5 nitrogen and oxygen atoms in total. The van der Waals surface area contributed by atoms with Gasteiger partial charge in [-0.05, 0) is 41.8 Å². The van der Waals surface area contributed by atoms with Crippen LogP contribution >= 0.6 is 0 Å². The SMILES string of the molecule is CN=C(NCCc1ccc(F)cc1)NCc1ccc(N2CCOCC2)c(F)c1. The Morgan fingerprint density at radius 1 is 1.04 bits per heavy atom. The third kappa shape index (κ3) is 5.66. The Labute approximate surface area is 164 Å². The molecule has 0 amide bonds. The van der Waals surface area contributed by atoms with Crippen molar-refractivity contribution in [2.45, 2.75) is 13.0 Å². The number of aliphatic imine (C=N–C) groups is 1.